The van der Waals surface area contributed by atoms with Crippen molar-refractivity contribution in [3.05, 3.63) is 95.5 Å². The molecule has 0 amide bonds. The van der Waals surface area contributed by atoms with E-state index in [1.165, 1.54) is 0 Å². The molecule has 0 aliphatic carbocycles. The normalized spacial score (nSPS) is 11.4. The Labute approximate surface area is 183 Å². The molecule has 0 aliphatic rings. The van der Waals surface area contributed by atoms with Crippen molar-refractivity contribution >= 4 is 45.4 Å². The van der Waals surface area contributed by atoms with Crippen LogP contribution >= 0.6 is 11.6 Å². The Kier molecular flexibility index (Phi) is 4.94. The van der Waals surface area contributed by atoms with Gasteiger partial charge in [0.1, 0.15) is 5.75 Å². The van der Waals surface area contributed by atoms with Crippen molar-refractivity contribution in [2.45, 2.75) is 0 Å². The van der Waals surface area contributed by atoms with Crippen LogP contribution in [0, 0.1) is 0 Å². The smallest absolute Gasteiger partial charge is 0.244 e. The molecule has 5 aromatic rings. The van der Waals surface area contributed by atoms with E-state index in [-0.39, 0.29) is 5.75 Å². The monoisotopic (exact) mass is 424 g/mol. The molecule has 0 atom stereocenters. The summed E-state index contributed by atoms with van der Waals surface area (Å²) in [6, 6.07) is 26.8. The van der Waals surface area contributed by atoms with Gasteiger partial charge in [-0.05, 0) is 29.7 Å². The van der Waals surface area contributed by atoms with Crippen molar-refractivity contribution in [1.82, 2.24) is 9.97 Å². The highest BCUT2D eigenvalue weighted by molar-refractivity contribution is 6.31. The highest BCUT2D eigenvalue weighted by atomic mass is 35.5. The van der Waals surface area contributed by atoms with Crippen LogP contribution in [-0.2, 0) is 0 Å². The Morgan fingerprint density at radius 3 is 2.52 bits per heavy atom. The first-order valence-corrected chi connectivity index (χ1v) is 10.1. The lowest BCUT2D eigenvalue weighted by Crippen LogP contribution is -2.00. The van der Waals surface area contributed by atoms with Crippen molar-refractivity contribution in [3.63, 3.8) is 0 Å². The molecule has 6 heteroatoms. The number of anilines is 1. The lowest BCUT2D eigenvalue weighted by molar-refractivity contribution is 0.481. The summed E-state index contributed by atoms with van der Waals surface area (Å²) in [5, 5.41) is 18.0. The van der Waals surface area contributed by atoms with Crippen LogP contribution in [-0.4, -0.2) is 21.3 Å². The number of hydrogen-bond acceptors (Lipinski definition) is 5. The van der Waals surface area contributed by atoms with E-state index in [4.69, 9.17) is 11.6 Å². The van der Waals surface area contributed by atoms with Gasteiger partial charge in [-0.25, -0.2) is 15.4 Å². The van der Waals surface area contributed by atoms with E-state index >= 15 is 0 Å². The van der Waals surface area contributed by atoms with Crippen LogP contribution in [0.2, 0.25) is 5.02 Å². The number of rotatable bonds is 4. The fraction of sp³-hybridized carbons (Fsp3) is 0. The van der Waals surface area contributed by atoms with Gasteiger partial charge in [-0.15, -0.1) is 0 Å². The van der Waals surface area contributed by atoms with Gasteiger partial charge >= 0.3 is 0 Å². The molecule has 0 radical (unpaired) electrons. The quantitative estimate of drug-likeness (QED) is 0.264. The fourth-order valence-electron chi connectivity index (χ4n) is 3.50. The molecule has 31 heavy (non-hydrogen) atoms. The zero-order valence-corrected chi connectivity index (χ0v) is 17.1. The van der Waals surface area contributed by atoms with Gasteiger partial charge in [0.15, 0.2) is 0 Å². The van der Waals surface area contributed by atoms with Gasteiger partial charge in [0.25, 0.3) is 0 Å². The summed E-state index contributed by atoms with van der Waals surface area (Å²) >= 11 is 6.21. The Morgan fingerprint density at radius 2 is 1.65 bits per heavy atom. The van der Waals surface area contributed by atoms with E-state index in [0.29, 0.717) is 16.5 Å². The number of nitrogens with zero attached hydrogens (tertiary/aromatic N) is 3. The predicted octanol–water partition coefficient (Wildman–Crippen LogP) is 6.26. The van der Waals surface area contributed by atoms with Crippen LogP contribution in [0.25, 0.3) is 32.9 Å². The minimum absolute atomic E-state index is 0.183. The van der Waals surface area contributed by atoms with E-state index in [1.54, 1.807) is 12.3 Å². The highest BCUT2D eigenvalue weighted by Crippen LogP contribution is 2.30. The van der Waals surface area contributed by atoms with Crippen molar-refractivity contribution in [2.24, 2.45) is 5.10 Å². The molecule has 0 bridgehead atoms. The van der Waals surface area contributed by atoms with Gasteiger partial charge in [0, 0.05) is 26.9 Å². The zero-order chi connectivity index (χ0) is 21.2. The lowest BCUT2D eigenvalue weighted by Gasteiger charge is -2.09. The van der Waals surface area contributed by atoms with Crippen molar-refractivity contribution in [2.75, 3.05) is 5.43 Å². The van der Waals surface area contributed by atoms with Crippen LogP contribution in [0.1, 0.15) is 5.56 Å². The fourth-order valence-corrected chi connectivity index (χ4v) is 3.67. The molecule has 1 aromatic heterocycles. The maximum atomic E-state index is 10.5. The topological polar surface area (TPSA) is 70.4 Å². The molecule has 4 aromatic carbocycles. The van der Waals surface area contributed by atoms with Gasteiger partial charge in [0.2, 0.25) is 5.95 Å². The molecule has 0 aliphatic heterocycles. The van der Waals surface area contributed by atoms with E-state index in [0.717, 1.165) is 32.9 Å². The Balaban J connectivity index is 1.51. The SMILES string of the molecule is Oc1c(/C=N\Nc2nc(-c3ccccc3)c3cc(Cl)ccc3n2)ccc2ccccc12. The van der Waals surface area contributed by atoms with Gasteiger partial charge in [-0.1, -0.05) is 72.3 Å². The number of aromatic nitrogens is 2. The number of hydrazone groups is 1. The molecular formula is C25H17ClN4O. The molecule has 0 saturated carbocycles. The summed E-state index contributed by atoms with van der Waals surface area (Å²) in [4.78, 5) is 9.21. The van der Waals surface area contributed by atoms with E-state index in [1.807, 2.05) is 78.9 Å². The first kappa shape index (κ1) is 19.0. The van der Waals surface area contributed by atoms with E-state index in [2.05, 4.69) is 20.5 Å². The third-order valence-corrected chi connectivity index (χ3v) is 5.24. The second-order valence-corrected chi connectivity index (χ2v) is 7.45. The molecule has 0 unspecified atom stereocenters. The number of phenolic OH excluding ortho intramolecular Hbond substituents is 1. The predicted molar refractivity (Wildman–Crippen MR) is 127 cm³/mol. The third kappa shape index (κ3) is 3.79. The lowest BCUT2D eigenvalue weighted by atomic mass is 10.1. The summed E-state index contributed by atoms with van der Waals surface area (Å²) in [7, 11) is 0. The standard InChI is InChI=1S/C25H17ClN4O/c26-19-12-13-22-21(14-19)23(17-7-2-1-3-8-17)29-25(28-22)30-27-15-18-11-10-16-6-4-5-9-20(16)24(18)31/h1-15,31H,(H,28,29,30)/b27-15-. The average Bonchev–Trinajstić information content (AvgIpc) is 2.81. The number of halogens is 1. The van der Waals surface area contributed by atoms with Crippen LogP contribution < -0.4 is 5.43 Å². The number of aromatic hydroxyl groups is 1. The number of benzene rings is 4. The molecule has 1 heterocycles. The Bertz CT molecular complexity index is 1430. The summed E-state index contributed by atoms with van der Waals surface area (Å²) in [6.45, 7) is 0. The molecule has 5 rings (SSSR count). The number of fused-ring (bicyclic) bond motifs is 2. The molecule has 0 saturated heterocycles. The molecule has 2 N–H and O–H groups in total. The summed E-state index contributed by atoms with van der Waals surface area (Å²) in [5.74, 6) is 0.535. The second kappa shape index (κ2) is 8.05. The van der Waals surface area contributed by atoms with Crippen LogP contribution in [0.4, 0.5) is 5.95 Å². The number of hydrogen-bond donors (Lipinski definition) is 2. The minimum atomic E-state index is 0.183. The average molecular weight is 425 g/mol. The van der Waals surface area contributed by atoms with Crippen LogP contribution in [0.5, 0.6) is 5.75 Å². The summed E-state index contributed by atoms with van der Waals surface area (Å²) < 4.78 is 0. The second-order valence-electron chi connectivity index (χ2n) is 7.02. The van der Waals surface area contributed by atoms with Crippen LogP contribution in [0.15, 0.2) is 90.0 Å². The maximum Gasteiger partial charge on any atom is 0.244 e. The molecule has 0 fully saturated rings. The Morgan fingerprint density at radius 1 is 0.839 bits per heavy atom. The first-order valence-electron chi connectivity index (χ1n) is 9.71. The molecule has 5 nitrogen and oxygen atoms in total. The van der Waals surface area contributed by atoms with Gasteiger partial charge < -0.3 is 5.11 Å². The molecule has 150 valence electrons. The summed E-state index contributed by atoms with van der Waals surface area (Å²) in [6.07, 6.45) is 1.55. The van der Waals surface area contributed by atoms with Crippen LogP contribution in [0.3, 0.4) is 0 Å². The first-order chi connectivity index (χ1) is 15.2. The van der Waals surface area contributed by atoms with Crippen molar-refractivity contribution < 1.29 is 5.11 Å². The maximum absolute atomic E-state index is 10.5. The van der Waals surface area contributed by atoms with Gasteiger partial charge in [-0.2, -0.15) is 5.10 Å². The molecular weight excluding hydrogens is 408 g/mol. The number of phenols is 1. The highest BCUT2D eigenvalue weighted by Gasteiger charge is 2.10. The Hall–Kier alpha value is -3.96. The van der Waals surface area contributed by atoms with Gasteiger partial charge in [-0.3, -0.25) is 0 Å². The van der Waals surface area contributed by atoms with E-state index in [9.17, 15) is 5.11 Å². The van der Waals surface area contributed by atoms with Crippen molar-refractivity contribution in [1.29, 1.82) is 0 Å². The van der Waals surface area contributed by atoms with Crippen molar-refractivity contribution in [3.8, 4) is 17.0 Å². The zero-order valence-electron chi connectivity index (χ0n) is 16.3. The van der Waals surface area contributed by atoms with E-state index < -0.39 is 0 Å². The minimum Gasteiger partial charge on any atom is -0.507 e. The molecule has 0 spiro atoms. The van der Waals surface area contributed by atoms with Gasteiger partial charge in [0.05, 0.1) is 17.4 Å². The third-order valence-electron chi connectivity index (χ3n) is 5.00. The largest absolute Gasteiger partial charge is 0.507 e. The summed E-state index contributed by atoms with van der Waals surface area (Å²) in [5.41, 5.74) is 5.96. The number of nitrogens with one attached hydrogen (secondary N) is 1.